The summed E-state index contributed by atoms with van der Waals surface area (Å²) in [6, 6.07) is 4.06. The first-order valence-corrected chi connectivity index (χ1v) is 18.3. The molecule has 1 aromatic heterocycles. The van der Waals surface area contributed by atoms with E-state index in [1.54, 1.807) is 27.0 Å². The zero-order valence-electron chi connectivity index (χ0n) is 32.8. The number of amides is 4. The second-order valence-electron chi connectivity index (χ2n) is 14.2. The van der Waals surface area contributed by atoms with E-state index in [9.17, 15) is 23.6 Å². The number of aromatic nitrogens is 1. The average Bonchev–Trinajstić information content (AvgIpc) is 3.57. The minimum absolute atomic E-state index is 0.0719. The predicted molar refractivity (Wildman–Crippen MR) is 202 cm³/mol. The lowest BCUT2D eigenvalue weighted by Gasteiger charge is -2.28. The van der Waals surface area contributed by atoms with Crippen molar-refractivity contribution in [3.8, 4) is 0 Å². The lowest BCUT2D eigenvalue weighted by Crippen LogP contribution is -2.43. The molecule has 294 valence electrons. The number of likely N-dealkylation sites (N-methyl/N-ethyl adjacent to an activating group) is 1. The fourth-order valence-electron chi connectivity index (χ4n) is 5.76. The van der Waals surface area contributed by atoms with Gasteiger partial charge in [0.15, 0.2) is 0 Å². The molecule has 1 aliphatic rings. The zero-order valence-corrected chi connectivity index (χ0v) is 32.8. The van der Waals surface area contributed by atoms with Crippen LogP contribution in [0.1, 0.15) is 93.7 Å². The predicted octanol–water partition coefficient (Wildman–Crippen LogP) is 5.71. The number of hydrogen-bond acceptors (Lipinski definition) is 9. The first-order valence-electron chi connectivity index (χ1n) is 18.3. The molecule has 13 nitrogen and oxygen atoms in total. The highest BCUT2D eigenvalue weighted by Gasteiger charge is 2.31. The van der Waals surface area contributed by atoms with Gasteiger partial charge in [0.25, 0.3) is 11.8 Å². The number of aryl methyl sites for hydroxylation is 1. The maximum Gasteiger partial charge on any atom is 0.416 e. The van der Waals surface area contributed by atoms with Crippen molar-refractivity contribution in [3.05, 3.63) is 52.1 Å². The number of nitrogens with zero attached hydrogens (tertiary/aromatic N) is 2. The molecule has 1 aliphatic heterocycles. The van der Waals surface area contributed by atoms with Gasteiger partial charge in [-0.3, -0.25) is 14.4 Å². The van der Waals surface area contributed by atoms with Crippen LogP contribution in [0.2, 0.25) is 0 Å². The van der Waals surface area contributed by atoms with Crippen molar-refractivity contribution in [2.24, 2.45) is 0 Å². The van der Waals surface area contributed by atoms with Crippen molar-refractivity contribution in [1.29, 1.82) is 0 Å². The van der Waals surface area contributed by atoms with Crippen LogP contribution in [-0.2, 0) is 28.5 Å². The molecule has 0 aliphatic carbocycles. The van der Waals surface area contributed by atoms with Gasteiger partial charge in [0.1, 0.15) is 12.4 Å². The number of nitrogens with one attached hydrogen (secondary N) is 3. The van der Waals surface area contributed by atoms with Crippen molar-refractivity contribution < 1.29 is 42.5 Å². The Morgan fingerprint density at radius 2 is 1.68 bits per heavy atom. The van der Waals surface area contributed by atoms with Crippen LogP contribution < -0.4 is 10.6 Å². The summed E-state index contributed by atoms with van der Waals surface area (Å²) < 4.78 is 36.5. The number of halogens is 1. The van der Waals surface area contributed by atoms with Gasteiger partial charge in [0, 0.05) is 55.8 Å². The molecule has 0 radical (unpaired) electrons. The molecular formula is C39H58FN5O8. The van der Waals surface area contributed by atoms with Crippen LogP contribution in [0.3, 0.4) is 0 Å². The van der Waals surface area contributed by atoms with Crippen LogP contribution in [0.25, 0.3) is 11.6 Å². The highest BCUT2D eigenvalue weighted by Crippen LogP contribution is 2.34. The lowest BCUT2D eigenvalue weighted by atomic mass is 10.0. The maximum atomic E-state index is 14.0. The monoisotopic (exact) mass is 743 g/mol. The fraction of sp³-hybridized carbons (Fsp3) is 0.590. The summed E-state index contributed by atoms with van der Waals surface area (Å²) in [5, 5.41) is 5.55. The minimum Gasteiger partial charge on any atom is -0.447 e. The van der Waals surface area contributed by atoms with Gasteiger partial charge in [-0.1, -0.05) is 13.8 Å². The fourth-order valence-corrected chi connectivity index (χ4v) is 5.76. The van der Waals surface area contributed by atoms with E-state index in [4.69, 9.17) is 18.9 Å². The molecule has 2 heterocycles. The Morgan fingerprint density at radius 1 is 0.962 bits per heavy atom. The minimum atomic E-state index is -0.811. The first-order chi connectivity index (χ1) is 25.0. The Bertz CT molecular complexity index is 1610. The maximum absolute atomic E-state index is 14.0. The highest BCUT2D eigenvalue weighted by atomic mass is 19.1. The summed E-state index contributed by atoms with van der Waals surface area (Å²) in [5.74, 6) is -1.52. The number of benzene rings is 1. The van der Waals surface area contributed by atoms with Gasteiger partial charge < -0.3 is 39.5 Å². The summed E-state index contributed by atoms with van der Waals surface area (Å²) in [6.45, 7) is 18.4. The summed E-state index contributed by atoms with van der Waals surface area (Å²) in [7, 11) is 1.67. The first kappa shape index (κ1) is 43.3. The number of ether oxygens (including phenoxy) is 4. The highest BCUT2D eigenvalue weighted by molar-refractivity contribution is 6.35. The molecule has 14 heteroatoms. The largest absolute Gasteiger partial charge is 0.447 e. The molecule has 0 spiro atoms. The van der Waals surface area contributed by atoms with Crippen LogP contribution in [0.5, 0.6) is 0 Å². The van der Waals surface area contributed by atoms with Crippen molar-refractivity contribution in [3.63, 3.8) is 0 Å². The van der Waals surface area contributed by atoms with Crippen LogP contribution >= 0.6 is 0 Å². The Kier molecular flexibility index (Phi) is 16.2. The van der Waals surface area contributed by atoms with Crippen molar-refractivity contribution in [2.75, 3.05) is 71.6 Å². The molecule has 0 saturated heterocycles. The molecule has 4 amide bonds. The molecule has 3 N–H and O–H groups in total. The van der Waals surface area contributed by atoms with E-state index in [-0.39, 0.29) is 61.5 Å². The number of carbonyl (C=O) groups excluding carboxylic acids is 4. The average molecular weight is 744 g/mol. The number of fused-ring (bicyclic) bond motifs is 1. The van der Waals surface area contributed by atoms with Gasteiger partial charge in [0.2, 0.25) is 5.91 Å². The second kappa shape index (κ2) is 19.8. The van der Waals surface area contributed by atoms with Crippen LogP contribution in [0.4, 0.5) is 14.9 Å². The van der Waals surface area contributed by atoms with Gasteiger partial charge in [-0.25, -0.2) is 14.1 Å². The number of aromatic amines is 1. The molecule has 0 unspecified atom stereocenters. The third-order valence-corrected chi connectivity index (χ3v) is 9.47. The summed E-state index contributed by atoms with van der Waals surface area (Å²) in [6.07, 6.45) is 2.37. The Balaban J connectivity index is 1.54. The summed E-state index contributed by atoms with van der Waals surface area (Å²) in [5.41, 5.74) is 2.26. The van der Waals surface area contributed by atoms with Gasteiger partial charge >= 0.3 is 6.09 Å². The van der Waals surface area contributed by atoms with Crippen molar-refractivity contribution >= 4 is 41.2 Å². The van der Waals surface area contributed by atoms with Gasteiger partial charge in [0.05, 0.1) is 42.2 Å². The van der Waals surface area contributed by atoms with E-state index in [0.29, 0.717) is 54.2 Å². The molecule has 3 rings (SSSR count). The number of rotatable bonds is 21. The number of imide groups is 1. The van der Waals surface area contributed by atoms with Crippen LogP contribution in [0, 0.1) is 19.7 Å². The number of hydrogen-bond donors (Lipinski definition) is 3. The normalized spacial score (nSPS) is 13.7. The standard InChI is InChI=1S/C39H58FN5O8/c1-10-44(11-2)18-19-45(36(48)34-26(3)32(42-27(34)4)25-30-29-24-28(40)12-13-31(29)43-35(30)47)37(49)52-23-22-51-21-17-41-33(46)14-15-39(7,8)53-20-16-38(5,6)50-9/h12-13,24-25,42H,10-11,14-23H2,1-9H3,(H,41,46)(H,43,47)/b30-25-. The van der Waals surface area contributed by atoms with E-state index in [0.717, 1.165) is 24.4 Å². The summed E-state index contributed by atoms with van der Waals surface area (Å²) >= 11 is 0. The van der Waals surface area contributed by atoms with Gasteiger partial charge in [-0.05, 0) is 97.3 Å². The molecular weight excluding hydrogens is 685 g/mol. The Labute approximate surface area is 312 Å². The third-order valence-electron chi connectivity index (χ3n) is 9.47. The molecule has 0 atom stereocenters. The number of H-pyrrole nitrogens is 1. The molecule has 0 saturated carbocycles. The van der Waals surface area contributed by atoms with E-state index in [1.807, 2.05) is 41.5 Å². The topological polar surface area (TPSA) is 152 Å². The quantitative estimate of drug-likeness (QED) is 0.108. The molecule has 0 fully saturated rings. The smallest absolute Gasteiger partial charge is 0.416 e. The van der Waals surface area contributed by atoms with Crippen LogP contribution in [0.15, 0.2) is 18.2 Å². The lowest BCUT2D eigenvalue weighted by molar-refractivity contribution is -0.123. The molecule has 1 aromatic carbocycles. The SMILES string of the molecule is CCN(CC)CCN(C(=O)OCCOCCNC(=O)CCC(C)(C)OCCC(C)(C)OC)C(=O)c1c(C)[nH]c(/C=C2\C(=O)Nc3ccc(F)cc32)c1C. The van der Waals surface area contributed by atoms with Crippen molar-refractivity contribution in [2.45, 2.75) is 85.9 Å². The number of anilines is 1. The molecule has 0 bridgehead atoms. The van der Waals surface area contributed by atoms with Gasteiger partial charge in [-0.2, -0.15) is 0 Å². The summed E-state index contributed by atoms with van der Waals surface area (Å²) in [4.78, 5) is 58.8. The van der Waals surface area contributed by atoms with E-state index < -0.39 is 23.4 Å². The number of carbonyl (C=O) groups is 4. The van der Waals surface area contributed by atoms with E-state index in [2.05, 4.69) is 20.5 Å². The Morgan fingerprint density at radius 3 is 2.36 bits per heavy atom. The van der Waals surface area contributed by atoms with E-state index >= 15 is 0 Å². The third kappa shape index (κ3) is 12.8. The van der Waals surface area contributed by atoms with Crippen molar-refractivity contribution in [1.82, 2.24) is 20.1 Å². The number of methoxy groups -OCH3 is 1. The molecule has 2 aromatic rings. The second-order valence-corrected chi connectivity index (χ2v) is 14.2. The molecule has 53 heavy (non-hydrogen) atoms. The Hall–Kier alpha value is -4.11. The van der Waals surface area contributed by atoms with E-state index in [1.165, 1.54) is 18.2 Å². The zero-order chi connectivity index (χ0) is 39.3. The van der Waals surface area contributed by atoms with Gasteiger partial charge in [-0.15, -0.1) is 0 Å². The van der Waals surface area contributed by atoms with Crippen LogP contribution in [-0.4, -0.2) is 116 Å².